The maximum absolute atomic E-state index is 11.7. The van der Waals surface area contributed by atoms with Crippen LogP contribution < -0.4 is 5.32 Å². The van der Waals surface area contributed by atoms with Crippen LogP contribution in [0.4, 0.5) is 10.5 Å². The maximum Gasteiger partial charge on any atom is 0.412 e. The molecular formula is C22H21Br2N7O4. The zero-order valence-electron chi connectivity index (χ0n) is 18.9. The van der Waals surface area contributed by atoms with Gasteiger partial charge in [-0.1, -0.05) is 0 Å². The van der Waals surface area contributed by atoms with Gasteiger partial charge in [0.25, 0.3) is 0 Å². The quantitative estimate of drug-likeness (QED) is 0.327. The number of nitrogens with zero attached hydrogens (tertiary/aromatic N) is 6. The lowest BCUT2D eigenvalue weighted by Gasteiger charge is -2.19. The first-order valence-electron chi connectivity index (χ1n) is 10.1. The summed E-state index contributed by atoms with van der Waals surface area (Å²) in [6.45, 7) is 5.42. The molecule has 0 saturated carbocycles. The third-order valence-electron chi connectivity index (χ3n) is 4.03. The van der Waals surface area contributed by atoms with E-state index in [-0.39, 0.29) is 5.56 Å². The number of pyridine rings is 2. The van der Waals surface area contributed by atoms with Crippen molar-refractivity contribution < 1.29 is 19.4 Å². The summed E-state index contributed by atoms with van der Waals surface area (Å²) in [6, 6.07) is 7.22. The summed E-state index contributed by atoms with van der Waals surface area (Å²) in [5, 5.41) is 19.7. The highest BCUT2D eigenvalue weighted by Crippen LogP contribution is 2.23. The monoisotopic (exact) mass is 605 g/mol. The fourth-order valence-electron chi connectivity index (χ4n) is 2.59. The molecule has 4 heterocycles. The van der Waals surface area contributed by atoms with Gasteiger partial charge in [0.15, 0.2) is 4.60 Å². The molecule has 182 valence electrons. The molecule has 0 aromatic carbocycles. The maximum atomic E-state index is 11.7. The molecule has 2 N–H and O–H groups in total. The predicted molar refractivity (Wildman–Crippen MR) is 135 cm³/mol. The van der Waals surface area contributed by atoms with Crippen molar-refractivity contribution in [2.75, 3.05) is 5.32 Å². The van der Waals surface area contributed by atoms with Crippen LogP contribution in [0.5, 0.6) is 0 Å². The number of aromatic nitrogens is 6. The van der Waals surface area contributed by atoms with Crippen LogP contribution in [0.2, 0.25) is 0 Å². The first-order chi connectivity index (χ1) is 16.5. The summed E-state index contributed by atoms with van der Waals surface area (Å²) >= 11 is 6.38. The zero-order valence-corrected chi connectivity index (χ0v) is 22.1. The second-order valence-corrected chi connectivity index (χ2v) is 9.41. The molecule has 0 radical (unpaired) electrons. The molecule has 4 aromatic heterocycles. The van der Waals surface area contributed by atoms with E-state index >= 15 is 0 Å². The van der Waals surface area contributed by atoms with Crippen LogP contribution in [0.25, 0.3) is 11.4 Å². The molecule has 0 aliphatic rings. The Bertz CT molecular complexity index is 1300. The Morgan fingerprint density at radius 3 is 1.94 bits per heavy atom. The minimum absolute atomic E-state index is 0.124. The summed E-state index contributed by atoms with van der Waals surface area (Å²) in [5.41, 5.74) is 1.62. The van der Waals surface area contributed by atoms with Crippen LogP contribution in [-0.4, -0.2) is 52.3 Å². The number of rotatable bonds is 4. The van der Waals surface area contributed by atoms with Crippen LogP contribution in [0.1, 0.15) is 31.1 Å². The standard InChI is InChI=1S/C13H15BrN4O2.C9H6BrN3O2/c1-13(2,3)20-12(19)16-10-8-18(17-11(10)14)9-5-4-6-15-7-9;10-8-7(9(14)15)5-13(12-8)6-2-1-3-11-4-6/h4-8H,1-3H3,(H,16,19);1-5H,(H,14,15). The first kappa shape index (κ1) is 26.0. The Kier molecular flexibility index (Phi) is 8.35. The van der Waals surface area contributed by atoms with E-state index in [1.165, 1.54) is 10.9 Å². The van der Waals surface area contributed by atoms with Gasteiger partial charge in [-0.3, -0.25) is 15.3 Å². The van der Waals surface area contributed by atoms with Gasteiger partial charge in [-0.2, -0.15) is 10.2 Å². The Labute approximate surface area is 217 Å². The Morgan fingerprint density at radius 2 is 1.49 bits per heavy atom. The number of amides is 1. The molecule has 0 saturated heterocycles. The molecule has 4 aromatic rings. The van der Waals surface area contributed by atoms with Gasteiger partial charge in [0.2, 0.25) is 0 Å². The van der Waals surface area contributed by atoms with Crippen LogP contribution in [0, 0.1) is 0 Å². The van der Waals surface area contributed by atoms with Gasteiger partial charge in [0.1, 0.15) is 15.8 Å². The molecule has 0 atom stereocenters. The summed E-state index contributed by atoms with van der Waals surface area (Å²) < 4.78 is 9.09. The van der Waals surface area contributed by atoms with E-state index in [4.69, 9.17) is 9.84 Å². The van der Waals surface area contributed by atoms with Gasteiger partial charge in [-0.05, 0) is 76.9 Å². The molecule has 13 heteroatoms. The van der Waals surface area contributed by atoms with Crippen LogP contribution >= 0.6 is 31.9 Å². The lowest BCUT2D eigenvalue weighted by Crippen LogP contribution is -2.27. The molecule has 35 heavy (non-hydrogen) atoms. The molecule has 0 unspecified atom stereocenters. The van der Waals surface area contributed by atoms with E-state index in [1.54, 1.807) is 68.6 Å². The lowest BCUT2D eigenvalue weighted by molar-refractivity contribution is 0.0634. The third-order valence-corrected chi connectivity index (χ3v) is 5.20. The summed E-state index contributed by atoms with van der Waals surface area (Å²) in [6.07, 6.45) is 9.20. The average molecular weight is 607 g/mol. The molecule has 0 spiro atoms. The summed E-state index contributed by atoms with van der Waals surface area (Å²) in [7, 11) is 0. The minimum Gasteiger partial charge on any atom is -0.478 e. The third kappa shape index (κ3) is 7.45. The molecule has 0 aliphatic heterocycles. The predicted octanol–water partition coefficient (Wildman–Crippen LogP) is 5.10. The van der Waals surface area contributed by atoms with Crippen molar-refractivity contribution in [3.8, 4) is 11.4 Å². The smallest absolute Gasteiger partial charge is 0.412 e. The number of halogens is 2. The molecule has 0 aliphatic carbocycles. The van der Waals surface area contributed by atoms with E-state index in [9.17, 15) is 9.59 Å². The van der Waals surface area contributed by atoms with E-state index in [2.05, 4.69) is 57.3 Å². The van der Waals surface area contributed by atoms with Crippen molar-refractivity contribution >= 4 is 49.6 Å². The number of carbonyl (C=O) groups is 2. The Hall–Kier alpha value is -3.58. The molecule has 1 amide bonds. The molecule has 4 rings (SSSR count). The fraction of sp³-hybridized carbons (Fsp3) is 0.182. The van der Waals surface area contributed by atoms with Gasteiger partial charge in [0, 0.05) is 18.6 Å². The van der Waals surface area contributed by atoms with Gasteiger partial charge in [0.05, 0.1) is 35.7 Å². The van der Waals surface area contributed by atoms with E-state index < -0.39 is 17.7 Å². The number of carboxylic acid groups (broad SMARTS) is 1. The minimum atomic E-state index is -1.02. The highest BCUT2D eigenvalue weighted by Gasteiger charge is 2.18. The fourth-order valence-corrected chi connectivity index (χ4v) is 3.40. The van der Waals surface area contributed by atoms with Crippen molar-refractivity contribution in [1.82, 2.24) is 29.5 Å². The number of carbonyl (C=O) groups excluding carboxylic acids is 1. The second kappa shape index (κ2) is 11.2. The van der Waals surface area contributed by atoms with Crippen molar-refractivity contribution in [3.05, 3.63) is 76.2 Å². The summed E-state index contributed by atoms with van der Waals surface area (Å²) in [5.74, 6) is -1.02. The molecule has 11 nitrogen and oxygen atoms in total. The van der Waals surface area contributed by atoms with Crippen LogP contribution in [0.3, 0.4) is 0 Å². The average Bonchev–Trinajstić information content (AvgIpc) is 3.37. The topological polar surface area (TPSA) is 137 Å². The Morgan fingerprint density at radius 1 is 0.943 bits per heavy atom. The SMILES string of the molecule is CC(C)(C)OC(=O)Nc1cn(-c2cccnc2)nc1Br.O=C(O)c1cn(-c2cccnc2)nc1Br. The van der Waals surface area contributed by atoms with Gasteiger partial charge >= 0.3 is 12.1 Å². The Balaban J connectivity index is 0.000000203. The second-order valence-electron chi connectivity index (χ2n) is 7.91. The number of ether oxygens (including phenoxy) is 1. The number of anilines is 1. The van der Waals surface area contributed by atoms with Crippen LogP contribution in [0.15, 0.2) is 70.7 Å². The van der Waals surface area contributed by atoms with Crippen molar-refractivity contribution in [3.63, 3.8) is 0 Å². The number of hydrogen-bond donors (Lipinski definition) is 2. The molecule has 0 bridgehead atoms. The number of nitrogens with one attached hydrogen (secondary N) is 1. The lowest BCUT2D eigenvalue weighted by atomic mass is 10.2. The van der Waals surface area contributed by atoms with Gasteiger partial charge in [-0.25, -0.2) is 19.0 Å². The zero-order chi connectivity index (χ0) is 25.6. The van der Waals surface area contributed by atoms with E-state index in [0.29, 0.717) is 20.6 Å². The normalized spacial score (nSPS) is 10.8. The van der Waals surface area contributed by atoms with Gasteiger partial charge in [-0.15, -0.1) is 0 Å². The highest BCUT2D eigenvalue weighted by atomic mass is 79.9. The number of aromatic carboxylic acids is 1. The van der Waals surface area contributed by atoms with Gasteiger partial charge < -0.3 is 9.84 Å². The van der Waals surface area contributed by atoms with E-state index in [1.807, 2.05) is 12.1 Å². The number of carboxylic acids is 1. The molecule has 0 fully saturated rings. The highest BCUT2D eigenvalue weighted by molar-refractivity contribution is 9.10. The molecular weight excluding hydrogens is 586 g/mol. The van der Waals surface area contributed by atoms with Crippen molar-refractivity contribution in [2.24, 2.45) is 0 Å². The first-order valence-corrected chi connectivity index (χ1v) is 11.7. The largest absolute Gasteiger partial charge is 0.478 e. The van der Waals surface area contributed by atoms with Crippen molar-refractivity contribution in [1.29, 1.82) is 0 Å². The number of hydrogen-bond acceptors (Lipinski definition) is 7. The summed E-state index contributed by atoms with van der Waals surface area (Å²) in [4.78, 5) is 30.4. The van der Waals surface area contributed by atoms with E-state index in [0.717, 1.165) is 5.69 Å². The van der Waals surface area contributed by atoms with Crippen molar-refractivity contribution in [2.45, 2.75) is 26.4 Å². The van der Waals surface area contributed by atoms with Crippen LogP contribution in [-0.2, 0) is 4.74 Å².